The molecule has 3 N–H and O–H groups in total. The van der Waals surface area contributed by atoms with Gasteiger partial charge in [0.2, 0.25) is 0 Å². The smallest absolute Gasteiger partial charge is 0.462 e. The van der Waals surface area contributed by atoms with E-state index < -0.39 is 38.6 Å². The predicted octanol–water partition coefficient (Wildman–Crippen LogP) is 4.91. The second-order valence-corrected chi connectivity index (χ2v) is 9.48. The Labute approximate surface area is 209 Å². The zero-order chi connectivity index (χ0) is 26.4. The van der Waals surface area contributed by atoms with E-state index in [1.54, 1.807) is 12.2 Å². The Morgan fingerprint density at radius 1 is 0.943 bits per heavy atom. The lowest BCUT2D eigenvalue weighted by molar-refractivity contribution is -0.160. The van der Waals surface area contributed by atoms with Crippen LogP contribution in [0.2, 0.25) is 0 Å². The minimum absolute atomic E-state index is 0.0172. The average molecular weight is 519 g/mol. The molecule has 0 aliphatic carbocycles. The molecule has 0 saturated heterocycles. The molecule has 0 aromatic heterocycles. The van der Waals surface area contributed by atoms with Gasteiger partial charge in [0.05, 0.1) is 12.7 Å². The highest BCUT2D eigenvalue weighted by molar-refractivity contribution is 7.46. The van der Waals surface area contributed by atoms with E-state index in [1.807, 2.05) is 12.2 Å². The minimum atomic E-state index is -4.76. The van der Waals surface area contributed by atoms with E-state index in [0.29, 0.717) is 12.8 Å². The lowest BCUT2D eigenvalue weighted by atomic mass is 10.1. The van der Waals surface area contributed by atoms with Gasteiger partial charge >= 0.3 is 19.8 Å². The molecule has 2 atom stereocenters. The Morgan fingerprint density at radius 3 is 2.34 bits per heavy atom. The van der Waals surface area contributed by atoms with Crippen molar-refractivity contribution >= 4 is 19.8 Å². The van der Waals surface area contributed by atoms with Crippen LogP contribution in [0.5, 0.6) is 0 Å². The number of allylic oxidation sites excluding steroid dienone is 5. The van der Waals surface area contributed by atoms with Crippen LogP contribution in [-0.4, -0.2) is 52.3 Å². The molecular formula is C25H43O9P. The lowest BCUT2D eigenvalue weighted by Gasteiger charge is -2.18. The molecule has 0 spiro atoms. The summed E-state index contributed by atoms with van der Waals surface area (Å²) < 4.78 is 24.9. The van der Waals surface area contributed by atoms with Crippen LogP contribution in [0.15, 0.2) is 36.5 Å². The van der Waals surface area contributed by atoms with Gasteiger partial charge in [0.15, 0.2) is 6.10 Å². The summed E-state index contributed by atoms with van der Waals surface area (Å²) in [6.45, 7) is 2.38. The fourth-order valence-corrected chi connectivity index (χ4v) is 3.35. The Morgan fingerprint density at radius 2 is 1.66 bits per heavy atom. The fraction of sp³-hybridized carbons (Fsp3) is 0.680. The molecule has 0 fully saturated rings. The van der Waals surface area contributed by atoms with Gasteiger partial charge in [-0.25, -0.2) is 4.57 Å². The van der Waals surface area contributed by atoms with Crippen LogP contribution in [-0.2, 0) is 28.2 Å². The summed E-state index contributed by atoms with van der Waals surface area (Å²) >= 11 is 0. The SMILES string of the molecule is CCCCCCCC/C=C/C/C=C/C=C/C(O)CCCC(=O)O[C@H](COC(C)=O)COP(=O)(O)O. The average Bonchev–Trinajstić information content (AvgIpc) is 2.78. The number of hydrogen-bond acceptors (Lipinski definition) is 7. The Bertz CT molecular complexity index is 697. The maximum atomic E-state index is 12.0. The van der Waals surface area contributed by atoms with Gasteiger partial charge in [0, 0.05) is 13.3 Å². The summed E-state index contributed by atoms with van der Waals surface area (Å²) in [7, 11) is -4.76. The van der Waals surface area contributed by atoms with Gasteiger partial charge in [-0.2, -0.15) is 0 Å². The van der Waals surface area contributed by atoms with Crippen molar-refractivity contribution in [2.24, 2.45) is 0 Å². The van der Waals surface area contributed by atoms with E-state index in [9.17, 15) is 19.3 Å². The van der Waals surface area contributed by atoms with Crippen LogP contribution in [0, 0.1) is 0 Å². The maximum absolute atomic E-state index is 12.0. The number of hydrogen-bond donors (Lipinski definition) is 3. The number of esters is 2. The Hall–Kier alpha value is -1.77. The monoisotopic (exact) mass is 518 g/mol. The highest BCUT2D eigenvalue weighted by atomic mass is 31.2. The van der Waals surface area contributed by atoms with Gasteiger partial charge in [-0.15, -0.1) is 0 Å². The molecule has 0 aromatic carbocycles. The molecule has 9 nitrogen and oxygen atoms in total. The molecule has 202 valence electrons. The van der Waals surface area contributed by atoms with Gasteiger partial charge < -0.3 is 24.4 Å². The summed E-state index contributed by atoms with van der Waals surface area (Å²) in [5, 5.41) is 9.99. The number of unbranched alkanes of at least 4 members (excludes halogenated alkanes) is 6. The van der Waals surface area contributed by atoms with Crippen molar-refractivity contribution in [1.29, 1.82) is 0 Å². The van der Waals surface area contributed by atoms with Gasteiger partial charge in [0.25, 0.3) is 0 Å². The number of phosphoric ester groups is 1. The number of aliphatic hydroxyl groups excluding tert-OH is 1. The summed E-state index contributed by atoms with van der Waals surface area (Å²) in [6.07, 6.45) is 20.1. The highest BCUT2D eigenvalue weighted by Gasteiger charge is 2.22. The summed E-state index contributed by atoms with van der Waals surface area (Å²) in [5.74, 6) is -1.28. The fourth-order valence-electron chi connectivity index (χ4n) is 2.99. The van der Waals surface area contributed by atoms with E-state index in [2.05, 4.69) is 23.6 Å². The van der Waals surface area contributed by atoms with Crippen molar-refractivity contribution in [3.05, 3.63) is 36.5 Å². The summed E-state index contributed by atoms with van der Waals surface area (Å²) in [4.78, 5) is 40.4. The Kier molecular flexibility index (Phi) is 20.4. The quantitative estimate of drug-likeness (QED) is 0.0635. The molecule has 0 aliphatic heterocycles. The van der Waals surface area contributed by atoms with Crippen molar-refractivity contribution in [2.75, 3.05) is 13.2 Å². The number of carbonyl (C=O) groups excluding carboxylic acids is 2. The molecule has 0 bridgehead atoms. The second kappa shape index (κ2) is 21.5. The standard InChI is InChI=1S/C25H43O9P/c1-3-4-5-6-7-8-9-10-11-12-13-14-15-17-23(27)18-16-19-25(28)34-24(20-32-22(2)26)21-33-35(29,30)31/h10-11,13-15,17,23-24,27H,3-9,12,16,18-21H2,1-2H3,(H2,29,30,31)/b11-10+,14-13+,17-15+/t23?,24-/m1/s1. The number of rotatable bonds is 21. The number of aliphatic hydroxyl groups is 1. The molecule has 0 heterocycles. The molecule has 0 aromatic rings. The number of phosphoric acid groups is 1. The molecule has 0 aliphatic rings. The van der Waals surface area contributed by atoms with Gasteiger partial charge in [-0.3, -0.25) is 14.1 Å². The summed E-state index contributed by atoms with van der Waals surface area (Å²) in [6, 6.07) is 0. The first kappa shape index (κ1) is 33.2. The van der Waals surface area contributed by atoms with Crippen LogP contribution in [0.3, 0.4) is 0 Å². The predicted molar refractivity (Wildman–Crippen MR) is 134 cm³/mol. The topological polar surface area (TPSA) is 140 Å². The molecule has 0 amide bonds. The normalized spacial score (nSPS) is 14.1. The molecule has 0 rings (SSSR count). The van der Waals surface area contributed by atoms with Gasteiger partial charge in [-0.1, -0.05) is 75.5 Å². The lowest BCUT2D eigenvalue weighted by Crippen LogP contribution is -2.29. The van der Waals surface area contributed by atoms with Crippen LogP contribution < -0.4 is 0 Å². The Balaban J connectivity index is 4.05. The maximum Gasteiger partial charge on any atom is 0.469 e. The van der Waals surface area contributed by atoms with Crippen molar-refractivity contribution < 1.29 is 43.0 Å². The largest absolute Gasteiger partial charge is 0.469 e. The van der Waals surface area contributed by atoms with E-state index in [0.717, 1.165) is 19.8 Å². The van der Waals surface area contributed by atoms with Crippen molar-refractivity contribution in [1.82, 2.24) is 0 Å². The van der Waals surface area contributed by atoms with Crippen LogP contribution in [0.25, 0.3) is 0 Å². The molecule has 35 heavy (non-hydrogen) atoms. The van der Waals surface area contributed by atoms with Gasteiger partial charge in [-0.05, 0) is 32.1 Å². The molecule has 0 saturated carbocycles. The van der Waals surface area contributed by atoms with Crippen molar-refractivity contribution in [3.63, 3.8) is 0 Å². The second-order valence-electron chi connectivity index (χ2n) is 8.24. The third-order valence-electron chi connectivity index (χ3n) is 4.82. The third kappa shape index (κ3) is 25.1. The molecule has 1 unspecified atom stereocenters. The first-order valence-corrected chi connectivity index (χ1v) is 13.9. The number of carbonyl (C=O) groups is 2. The zero-order valence-corrected chi connectivity index (χ0v) is 21.9. The van der Waals surface area contributed by atoms with Crippen molar-refractivity contribution in [3.8, 4) is 0 Å². The number of ether oxygens (including phenoxy) is 2. The molecule has 10 heteroatoms. The van der Waals surface area contributed by atoms with E-state index in [4.69, 9.17) is 19.3 Å². The first-order valence-electron chi connectivity index (χ1n) is 12.3. The van der Waals surface area contributed by atoms with Gasteiger partial charge in [0.1, 0.15) is 6.61 Å². The zero-order valence-electron chi connectivity index (χ0n) is 21.0. The molecule has 0 radical (unpaired) electrons. The van der Waals surface area contributed by atoms with E-state index in [1.165, 1.54) is 38.5 Å². The van der Waals surface area contributed by atoms with Crippen LogP contribution in [0.4, 0.5) is 0 Å². The highest BCUT2D eigenvalue weighted by Crippen LogP contribution is 2.35. The molecular weight excluding hydrogens is 475 g/mol. The van der Waals surface area contributed by atoms with Crippen molar-refractivity contribution in [2.45, 2.75) is 96.7 Å². The van der Waals surface area contributed by atoms with E-state index in [-0.39, 0.29) is 13.0 Å². The third-order valence-corrected chi connectivity index (χ3v) is 5.31. The summed E-state index contributed by atoms with van der Waals surface area (Å²) in [5.41, 5.74) is 0. The van der Waals surface area contributed by atoms with Crippen LogP contribution in [0.1, 0.15) is 84.5 Å². The van der Waals surface area contributed by atoms with Crippen LogP contribution >= 0.6 is 7.82 Å². The van der Waals surface area contributed by atoms with E-state index >= 15 is 0 Å². The minimum Gasteiger partial charge on any atom is -0.462 e. The first-order chi connectivity index (χ1) is 16.6.